The van der Waals surface area contributed by atoms with Crippen molar-refractivity contribution in [2.45, 2.75) is 70.6 Å². The molecule has 8 nitrogen and oxygen atoms in total. The lowest BCUT2D eigenvalue weighted by molar-refractivity contribution is -0.123. The maximum absolute atomic E-state index is 12.9. The Morgan fingerprint density at radius 2 is 1.66 bits per heavy atom. The van der Waals surface area contributed by atoms with Gasteiger partial charge in [0.15, 0.2) is 17.3 Å². The van der Waals surface area contributed by atoms with Crippen molar-refractivity contribution in [1.82, 2.24) is 10.2 Å². The summed E-state index contributed by atoms with van der Waals surface area (Å²) in [6, 6.07) is 12.2. The molecule has 8 heteroatoms. The number of carbonyl (C=O) groups excluding carboxylic acids is 2. The van der Waals surface area contributed by atoms with Gasteiger partial charge in [-0.3, -0.25) is 9.59 Å². The fourth-order valence-electron chi connectivity index (χ4n) is 4.93. The Hall–Kier alpha value is -3.10. The second kappa shape index (κ2) is 13.6. The standard InChI is InChI=1S/C30H40N2O6/c1-21(2)38-24-12-9-22(10-13-24)26(33)7-3-4-8-29(34)31-25(20-32-15-5-6-16-32)30(35)23-11-14-27-28(19-23)37-18-17-36-27/h9-14,19,21,25,30,35H,3-8,15-18,20H2,1-2H3,(H,31,34). The molecule has 2 heterocycles. The zero-order valence-electron chi connectivity index (χ0n) is 22.5. The van der Waals surface area contributed by atoms with E-state index in [9.17, 15) is 14.7 Å². The van der Waals surface area contributed by atoms with Gasteiger partial charge in [-0.05, 0) is 94.6 Å². The van der Waals surface area contributed by atoms with Crippen LogP contribution in [-0.4, -0.2) is 66.7 Å². The van der Waals surface area contributed by atoms with E-state index in [1.54, 1.807) is 18.2 Å². The molecule has 0 aromatic heterocycles. The number of ketones is 1. The van der Waals surface area contributed by atoms with Crippen molar-refractivity contribution >= 4 is 11.7 Å². The number of aliphatic hydroxyl groups excluding tert-OH is 1. The second-order valence-corrected chi connectivity index (χ2v) is 10.4. The Bertz CT molecular complexity index is 1060. The first kappa shape index (κ1) is 27.9. The Morgan fingerprint density at radius 3 is 2.37 bits per heavy atom. The molecule has 0 radical (unpaired) electrons. The van der Waals surface area contributed by atoms with Crippen LogP contribution in [0.15, 0.2) is 42.5 Å². The lowest BCUT2D eigenvalue weighted by atomic mass is 10.00. The molecule has 1 saturated heterocycles. The molecule has 2 aliphatic rings. The van der Waals surface area contributed by atoms with Gasteiger partial charge in [0.2, 0.25) is 5.91 Å². The van der Waals surface area contributed by atoms with Gasteiger partial charge in [0.1, 0.15) is 25.1 Å². The van der Waals surface area contributed by atoms with E-state index in [0.29, 0.717) is 68.1 Å². The molecular formula is C30H40N2O6. The molecule has 2 aliphatic heterocycles. The summed E-state index contributed by atoms with van der Waals surface area (Å²) in [5.74, 6) is 1.97. The maximum atomic E-state index is 12.9. The molecule has 0 saturated carbocycles. The minimum Gasteiger partial charge on any atom is -0.491 e. The molecule has 1 fully saturated rings. The molecule has 2 aromatic rings. The molecule has 2 unspecified atom stereocenters. The van der Waals surface area contributed by atoms with Crippen LogP contribution < -0.4 is 19.5 Å². The summed E-state index contributed by atoms with van der Waals surface area (Å²) in [7, 11) is 0. The maximum Gasteiger partial charge on any atom is 0.220 e. The van der Waals surface area contributed by atoms with Gasteiger partial charge in [0.25, 0.3) is 0 Å². The SMILES string of the molecule is CC(C)Oc1ccc(C(=O)CCCCC(=O)NC(CN2CCCC2)C(O)c2ccc3c(c2)OCCO3)cc1. The third-order valence-electron chi connectivity index (χ3n) is 6.89. The number of rotatable bonds is 13. The van der Waals surface area contributed by atoms with Gasteiger partial charge in [-0.2, -0.15) is 0 Å². The summed E-state index contributed by atoms with van der Waals surface area (Å²) in [4.78, 5) is 27.7. The second-order valence-electron chi connectivity index (χ2n) is 10.4. The van der Waals surface area contributed by atoms with Gasteiger partial charge in [0.05, 0.1) is 12.1 Å². The van der Waals surface area contributed by atoms with Crippen molar-refractivity contribution in [1.29, 1.82) is 0 Å². The van der Waals surface area contributed by atoms with Crippen LogP contribution in [0.5, 0.6) is 17.2 Å². The van der Waals surface area contributed by atoms with E-state index >= 15 is 0 Å². The Morgan fingerprint density at radius 1 is 0.974 bits per heavy atom. The highest BCUT2D eigenvalue weighted by Gasteiger charge is 2.27. The number of Topliss-reactive ketones (excluding diaryl/α,β-unsaturated/α-hetero) is 1. The Balaban J connectivity index is 1.28. The smallest absolute Gasteiger partial charge is 0.220 e. The number of likely N-dealkylation sites (tertiary alicyclic amines) is 1. The van der Waals surface area contributed by atoms with Crippen molar-refractivity contribution in [3.05, 3.63) is 53.6 Å². The van der Waals surface area contributed by atoms with Crippen LogP contribution in [0.3, 0.4) is 0 Å². The van der Waals surface area contributed by atoms with Crippen LogP contribution in [0, 0.1) is 0 Å². The zero-order valence-corrected chi connectivity index (χ0v) is 22.5. The fraction of sp³-hybridized carbons (Fsp3) is 0.533. The van der Waals surface area contributed by atoms with Gasteiger partial charge in [-0.25, -0.2) is 0 Å². The van der Waals surface area contributed by atoms with Crippen LogP contribution in [0.2, 0.25) is 0 Å². The summed E-state index contributed by atoms with van der Waals surface area (Å²) in [6.07, 6.45) is 3.37. The molecule has 1 amide bonds. The number of benzene rings is 2. The summed E-state index contributed by atoms with van der Waals surface area (Å²) >= 11 is 0. The molecule has 4 rings (SSSR count). The quantitative estimate of drug-likeness (QED) is 0.298. The number of unbranched alkanes of at least 4 members (excludes halogenated alkanes) is 1. The summed E-state index contributed by atoms with van der Waals surface area (Å²) < 4.78 is 16.9. The number of hydrogen-bond acceptors (Lipinski definition) is 7. The number of amides is 1. The highest BCUT2D eigenvalue weighted by atomic mass is 16.6. The normalized spacial score (nSPS) is 16.7. The van der Waals surface area contributed by atoms with Gasteiger partial charge < -0.3 is 29.5 Å². The molecule has 2 atom stereocenters. The van der Waals surface area contributed by atoms with E-state index in [-0.39, 0.29) is 17.8 Å². The lowest BCUT2D eigenvalue weighted by Gasteiger charge is -2.29. The van der Waals surface area contributed by atoms with Crippen molar-refractivity contribution in [2.75, 3.05) is 32.8 Å². The van der Waals surface area contributed by atoms with E-state index in [4.69, 9.17) is 14.2 Å². The summed E-state index contributed by atoms with van der Waals surface area (Å²) in [5.41, 5.74) is 1.34. The molecule has 38 heavy (non-hydrogen) atoms. The molecule has 206 valence electrons. The van der Waals surface area contributed by atoms with Crippen LogP contribution in [0.25, 0.3) is 0 Å². The third kappa shape index (κ3) is 7.95. The number of hydrogen-bond donors (Lipinski definition) is 2. The lowest BCUT2D eigenvalue weighted by Crippen LogP contribution is -2.46. The van der Waals surface area contributed by atoms with Crippen molar-refractivity contribution in [2.24, 2.45) is 0 Å². The number of ether oxygens (including phenoxy) is 3. The molecule has 0 spiro atoms. The summed E-state index contributed by atoms with van der Waals surface area (Å²) in [5, 5.41) is 14.3. The molecule has 2 aromatic carbocycles. The topological polar surface area (TPSA) is 97.3 Å². The van der Waals surface area contributed by atoms with Crippen molar-refractivity contribution < 1.29 is 28.9 Å². The monoisotopic (exact) mass is 524 g/mol. The van der Waals surface area contributed by atoms with Gasteiger partial charge in [-0.15, -0.1) is 0 Å². The average molecular weight is 525 g/mol. The minimum atomic E-state index is -0.875. The van der Waals surface area contributed by atoms with Gasteiger partial charge in [-0.1, -0.05) is 6.07 Å². The number of aliphatic hydroxyl groups is 1. The predicted octanol–water partition coefficient (Wildman–Crippen LogP) is 4.30. The molecule has 0 aliphatic carbocycles. The average Bonchev–Trinajstić information content (AvgIpc) is 3.43. The van der Waals surface area contributed by atoms with Crippen LogP contribution in [-0.2, 0) is 4.79 Å². The van der Waals surface area contributed by atoms with E-state index < -0.39 is 12.1 Å². The highest BCUT2D eigenvalue weighted by molar-refractivity contribution is 5.96. The summed E-state index contributed by atoms with van der Waals surface area (Å²) in [6.45, 7) is 7.41. The largest absolute Gasteiger partial charge is 0.491 e. The van der Waals surface area contributed by atoms with Crippen LogP contribution in [0.4, 0.5) is 0 Å². The fourth-order valence-corrected chi connectivity index (χ4v) is 4.93. The van der Waals surface area contributed by atoms with E-state index in [0.717, 1.165) is 31.7 Å². The van der Waals surface area contributed by atoms with Crippen LogP contribution >= 0.6 is 0 Å². The van der Waals surface area contributed by atoms with Crippen LogP contribution in [0.1, 0.15) is 74.4 Å². The number of nitrogens with zero attached hydrogens (tertiary/aromatic N) is 1. The highest BCUT2D eigenvalue weighted by Crippen LogP contribution is 2.33. The van der Waals surface area contributed by atoms with Gasteiger partial charge >= 0.3 is 0 Å². The molecule has 2 N–H and O–H groups in total. The minimum absolute atomic E-state index is 0.0578. The van der Waals surface area contributed by atoms with Crippen molar-refractivity contribution in [3.63, 3.8) is 0 Å². The van der Waals surface area contributed by atoms with E-state index in [2.05, 4.69) is 10.2 Å². The number of fused-ring (bicyclic) bond motifs is 1. The first-order valence-corrected chi connectivity index (χ1v) is 13.8. The number of carbonyl (C=O) groups is 2. The molecule has 0 bridgehead atoms. The van der Waals surface area contributed by atoms with Gasteiger partial charge in [0, 0.05) is 24.9 Å². The molecular weight excluding hydrogens is 484 g/mol. The Kier molecular flexibility index (Phi) is 10.0. The predicted molar refractivity (Wildman–Crippen MR) is 145 cm³/mol. The number of nitrogens with one attached hydrogen (secondary N) is 1. The zero-order chi connectivity index (χ0) is 26.9. The first-order valence-electron chi connectivity index (χ1n) is 13.8. The third-order valence-corrected chi connectivity index (χ3v) is 6.89. The van der Waals surface area contributed by atoms with E-state index in [1.807, 2.05) is 38.1 Å². The van der Waals surface area contributed by atoms with E-state index in [1.165, 1.54) is 0 Å². The first-order chi connectivity index (χ1) is 18.4. The van der Waals surface area contributed by atoms with Crippen molar-refractivity contribution in [3.8, 4) is 17.2 Å². The Labute approximate surface area is 225 Å².